The predicted octanol–water partition coefficient (Wildman–Crippen LogP) is 2.60. The van der Waals surface area contributed by atoms with E-state index in [0.29, 0.717) is 12.6 Å². The summed E-state index contributed by atoms with van der Waals surface area (Å²) in [4.78, 5) is 12.2. The highest BCUT2D eigenvalue weighted by Gasteiger charge is 2.07. The summed E-state index contributed by atoms with van der Waals surface area (Å²) in [6, 6.07) is 6.33. The van der Waals surface area contributed by atoms with E-state index in [1.165, 1.54) is 5.56 Å². The van der Waals surface area contributed by atoms with Gasteiger partial charge in [0.05, 0.1) is 6.61 Å². The monoisotopic (exact) mass is 273 g/mol. The molecule has 0 aliphatic carbocycles. The lowest BCUT2D eigenvalue weighted by atomic mass is 10.1. The minimum atomic E-state index is 0.137. The molecule has 20 heavy (non-hydrogen) atoms. The molecule has 1 heterocycles. The molecule has 0 fully saturated rings. The number of rotatable bonds is 5. The van der Waals surface area contributed by atoms with Crippen LogP contribution in [0.15, 0.2) is 18.2 Å². The normalized spacial score (nSPS) is 10.3. The summed E-state index contributed by atoms with van der Waals surface area (Å²) < 4.78 is 5.38. The zero-order valence-corrected chi connectivity index (χ0v) is 12.0. The Morgan fingerprint density at radius 1 is 1.20 bits per heavy atom. The van der Waals surface area contributed by atoms with E-state index in [1.54, 1.807) is 0 Å². The van der Waals surface area contributed by atoms with E-state index in [-0.39, 0.29) is 12.0 Å². The second-order valence-corrected chi connectivity index (χ2v) is 4.59. The fourth-order valence-corrected chi connectivity index (χ4v) is 1.76. The van der Waals surface area contributed by atoms with Gasteiger partial charge in [0.25, 0.3) is 0 Å². The summed E-state index contributed by atoms with van der Waals surface area (Å²) in [5.41, 5.74) is 8.91. The standard InChI is InChI=1S/C14H19N5O/c1-4-7-20-14-18-12(15)17-13(19-14)16-11-6-5-9(2)8-10(11)3/h5-6,8H,4,7H2,1-3H3,(H3,15,16,17,18,19). The molecule has 0 atom stereocenters. The molecule has 0 unspecified atom stereocenters. The largest absolute Gasteiger partial charge is 0.463 e. The Morgan fingerprint density at radius 3 is 2.70 bits per heavy atom. The van der Waals surface area contributed by atoms with Crippen molar-refractivity contribution in [1.82, 2.24) is 15.0 Å². The van der Waals surface area contributed by atoms with Crippen molar-refractivity contribution < 1.29 is 4.74 Å². The van der Waals surface area contributed by atoms with Crippen molar-refractivity contribution in [2.24, 2.45) is 0 Å². The van der Waals surface area contributed by atoms with Crippen molar-refractivity contribution in [3.63, 3.8) is 0 Å². The van der Waals surface area contributed by atoms with Crippen molar-refractivity contribution in [2.45, 2.75) is 27.2 Å². The average Bonchev–Trinajstić information content (AvgIpc) is 2.39. The summed E-state index contributed by atoms with van der Waals surface area (Å²) in [5.74, 6) is 0.522. The fourth-order valence-electron chi connectivity index (χ4n) is 1.76. The van der Waals surface area contributed by atoms with Gasteiger partial charge in [-0.25, -0.2) is 0 Å². The van der Waals surface area contributed by atoms with Crippen molar-refractivity contribution in [2.75, 3.05) is 17.7 Å². The summed E-state index contributed by atoms with van der Waals surface area (Å²) in [7, 11) is 0. The fraction of sp³-hybridized carbons (Fsp3) is 0.357. The van der Waals surface area contributed by atoms with Crippen molar-refractivity contribution >= 4 is 17.6 Å². The molecule has 6 heteroatoms. The number of nitrogen functional groups attached to an aromatic ring is 1. The van der Waals surface area contributed by atoms with Gasteiger partial charge in [-0.3, -0.25) is 0 Å². The van der Waals surface area contributed by atoms with Crippen LogP contribution in [-0.2, 0) is 0 Å². The number of nitrogens with two attached hydrogens (primary N) is 1. The van der Waals surface area contributed by atoms with Crippen LogP contribution >= 0.6 is 0 Å². The van der Waals surface area contributed by atoms with Crippen LogP contribution in [0.3, 0.4) is 0 Å². The molecule has 0 radical (unpaired) electrons. The molecule has 2 rings (SSSR count). The van der Waals surface area contributed by atoms with Crippen molar-refractivity contribution in [1.29, 1.82) is 0 Å². The SMILES string of the molecule is CCCOc1nc(N)nc(Nc2ccc(C)cc2C)n1. The first kappa shape index (κ1) is 14.0. The van der Waals surface area contributed by atoms with Gasteiger partial charge in [-0.05, 0) is 31.9 Å². The molecule has 106 valence electrons. The minimum absolute atomic E-state index is 0.137. The van der Waals surface area contributed by atoms with Gasteiger partial charge in [0, 0.05) is 5.69 Å². The lowest BCUT2D eigenvalue weighted by molar-refractivity contribution is 0.292. The molecular weight excluding hydrogens is 254 g/mol. The third-order valence-electron chi connectivity index (χ3n) is 2.70. The third kappa shape index (κ3) is 3.57. The molecule has 0 saturated carbocycles. The molecule has 0 spiro atoms. The number of aryl methyl sites for hydroxylation is 2. The van der Waals surface area contributed by atoms with Crippen LogP contribution < -0.4 is 15.8 Å². The summed E-state index contributed by atoms with van der Waals surface area (Å²) in [5, 5.41) is 3.13. The molecule has 0 amide bonds. The van der Waals surface area contributed by atoms with Crippen LogP contribution in [0.2, 0.25) is 0 Å². The van der Waals surface area contributed by atoms with Crippen LogP contribution in [0, 0.1) is 13.8 Å². The van der Waals surface area contributed by atoms with Gasteiger partial charge in [-0.15, -0.1) is 0 Å². The third-order valence-corrected chi connectivity index (χ3v) is 2.70. The van der Waals surface area contributed by atoms with E-state index in [4.69, 9.17) is 10.5 Å². The zero-order valence-electron chi connectivity index (χ0n) is 12.0. The number of hydrogen-bond acceptors (Lipinski definition) is 6. The molecule has 0 saturated heterocycles. The molecule has 0 bridgehead atoms. The Morgan fingerprint density at radius 2 is 2.00 bits per heavy atom. The van der Waals surface area contributed by atoms with Gasteiger partial charge < -0.3 is 15.8 Å². The van der Waals surface area contributed by atoms with Gasteiger partial charge in [-0.2, -0.15) is 15.0 Å². The Labute approximate surface area is 118 Å². The van der Waals surface area contributed by atoms with Crippen LogP contribution in [0.1, 0.15) is 24.5 Å². The predicted molar refractivity (Wildman–Crippen MR) is 79.2 cm³/mol. The Hall–Kier alpha value is -2.37. The first-order chi connectivity index (χ1) is 9.58. The van der Waals surface area contributed by atoms with Gasteiger partial charge in [-0.1, -0.05) is 24.6 Å². The number of hydrogen-bond donors (Lipinski definition) is 2. The van der Waals surface area contributed by atoms with Crippen LogP contribution in [0.5, 0.6) is 6.01 Å². The number of benzene rings is 1. The molecule has 2 aromatic rings. The van der Waals surface area contributed by atoms with Gasteiger partial charge in [0.1, 0.15) is 0 Å². The smallest absolute Gasteiger partial charge is 0.323 e. The van der Waals surface area contributed by atoms with E-state index in [0.717, 1.165) is 17.7 Å². The first-order valence-corrected chi connectivity index (χ1v) is 6.57. The average molecular weight is 273 g/mol. The second-order valence-electron chi connectivity index (χ2n) is 4.59. The number of anilines is 3. The Balaban J connectivity index is 2.21. The number of aromatic nitrogens is 3. The van der Waals surface area contributed by atoms with E-state index in [9.17, 15) is 0 Å². The summed E-state index contributed by atoms with van der Waals surface area (Å²) in [6.07, 6.45) is 0.880. The second kappa shape index (κ2) is 6.18. The Bertz CT molecular complexity index is 600. The highest BCUT2D eigenvalue weighted by Crippen LogP contribution is 2.20. The van der Waals surface area contributed by atoms with E-state index in [1.807, 2.05) is 32.9 Å². The van der Waals surface area contributed by atoms with Gasteiger partial charge in [0.15, 0.2) is 0 Å². The lowest BCUT2D eigenvalue weighted by Gasteiger charge is -2.10. The van der Waals surface area contributed by atoms with Crippen LogP contribution in [-0.4, -0.2) is 21.6 Å². The summed E-state index contributed by atoms with van der Waals surface area (Å²) >= 11 is 0. The van der Waals surface area contributed by atoms with Crippen LogP contribution in [0.25, 0.3) is 0 Å². The molecule has 0 aliphatic heterocycles. The van der Waals surface area contributed by atoms with E-state index >= 15 is 0 Å². The number of nitrogens with zero attached hydrogens (tertiary/aromatic N) is 3. The molecule has 1 aromatic heterocycles. The van der Waals surface area contributed by atoms with Gasteiger partial charge >= 0.3 is 6.01 Å². The van der Waals surface area contributed by atoms with Crippen LogP contribution in [0.4, 0.5) is 17.6 Å². The van der Waals surface area contributed by atoms with Crippen molar-refractivity contribution in [3.05, 3.63) is 29.3 Å². The maximum absolute atomic E-state index is 5.66. The summed E-state index contributed by atoms with van der Waals surface area (Å²) in [6.45, 7) is 6.63. The molecule has 1 aromatic carbocycles. The quantitative estimate of drug-likeness (QED) is 0.870. The zero-order chi connectivity index (χ0) is 14.5. The van der Waals surface area contributed by atoms with Gasteiger partial charge in [0.2, 0.25) is 11.9 Å². The van der Waals surface area contributed by atoms with Crippen molar-refractivity contribution in [3.8, 4) is 6.01 Å². The lowest BCUT2D eigenvalue weighted by Crippen LogP contribution is -2.07. The first-order valence-electron chi connectivity index (χ1n) is 6.57. The number of ether oxygens (including phenoxy) is 1. The molecule has 3 N–H and O–H groups in total. The number of nitrogens with one attached hydrogen (secondary N) is 1. The minimum Gasteiger partial charge on any atom is -0.463 e. The highest BCUT2D eigenvalue weighted by atomic mass is 16.5. The molecule has 6 nitrogen and oxygen atoms in total. The molecule has 0 aliphatic rings. The Kier molecular flexibility index (Phi) is 4.34. The molecular formula is C14H19N5O. The maximum atomic E-state index is 5.66. The van der Waals surface area contributed by atoms with E-state index in [2.05, 4.69) is 26.3 Å². The maximum Gasteiger partial charge on any atom is 0.323 e. The topological polar surface area (TPSA) is 86.0 Å². The highest BCUT2D eigenvalue weighted by molar-refractivity contribution is 5.59. The van der Waals surface area contributed by atoms with E-state index < -0.39 is 0 Å².